The highest BCUT2D eigenvalue weighted by Crippen LogP contribution is 2.32. The number of carbonyl (C=O) groups excluding carboxylic acids is 1. The van der Waals surface area contributed by atoms with E-state index in [1.165, 1.54) is 0 Å². The van der Waals surface area contributed by atoms with Crippen molar-refractivity contribution in [1.29, 1.82) is 0 Å². The highest BCUT2D eigenvalue weighted by molar-refractivity contribution is 5.79. The van der Waals surface area contributed by atoms with Crippen molar-refractivity contribution >= 4 is 16.9 Å². The third-order valence-electron chi connectivity index (χ3n) is 7.08. The first-order valence-corrected chi connectivity index (χ1v) is 11.2. The molecule has 2 fully saturated rings. The van der Waals surface area contributed by atoms with Crippen LogP contribution in [0.1, 0.15) is 38.2 Å². The number of terminal acetylenes is 1. The number of amides is 1. The average molecular weight is 421 g/mol. The fraction of sp³-hybridized carbons (Fsp3) is 0.520. The predicted octanol–water partition coefficient (Wildman–Crippen LogP) is 2.81. The smallest absolute Gasteiger partial charge is 0.328 e. The number of benzene rings is 1. The lowest BCUT2D eigenvalue weighted by Gasteiger charge is -2.39. The van der Waals surface area contributed by atoms with E-state index in [4.69, 9.17) is 6.42 Å². The maximum Gasteiger partial charge on any atom is 0.328 e. The molecule has 0 atom stereocenters. The molecule has 6 nitrogen and oxygen atoms in total. The molecular weight excluding hydrogens is 388 g/mol. The van der Waals surface area contributed by atoms with Crippen LogP contribution in [0.15, 0.2) is 35.3 Å². The van der Waals surface area contributed by atoms with Gasteiger partial charge < -0.3 is 9.80 Å². The van der Waals surface area contributed by atoms with Crippen LogP contribution < -0.4 is 5.69 Å². The molecular formula is C25H32N4O2. The minimum atomic E-state index is -0.00208. The van der Waals surface area contributed by atoms with Gasteiger partial charge in [0.15, 0.2) is 0 Å². The van der Waals surface area contributed by atoms with E-state index in [0.717, 1.165) is 74.2 Å². The van der Waals surface area contributed by atoms with Crippen molar-refractivity contribution in [1.82, 2.24) is 18.9 Å². The number of piperazine rings is 1. The van der Waals surface area contributed by atoms with E-state index in [-0.39, 0.29) is 11.6 Å². The van der Waals surface area contributed by atoms with Gasteiger partial charge in [0, 0.05) is 56.9 Å². The van der Waals surface area contributed by atoms with Crippen LogP contribution in [-0.4, -0.2) is 51.0 Å². The molecule has 1 aromatic heterocycles. The highest BCUT2D eigenvalue weighted by Gasteiger charge is 2.31. The number of hydrogen-bond donors (Lipinski definition) is 0. The number of carbonyl (C=O) groups is 1. The molecule has 164 valence electrons. The topological polar surface area (TPSA) is 50.5 Å². The van der Waals surface area contributed by atoms with Crippen molar-refractivity contribution in [2.75, 3.05) is 26.2 Å². The average Bonchev–Trinajstić information content (AvgIpc) is 3.03. The second-order valence-electron chi connectivity index (χ2n) is 9.07. The Balaban J connectivity index is 1.38. The molecule has 6 heteroatoms. The SMILES string of the molecule is C#Cc1ccc2c(c1)n(CC1CCC(C(=O)N3CCN(C(=C)C)CC3)CC1)c(=O)n2C. The van der Waals surface area contributed by atoms with Gasteiger partial charge in [0.25, 0.3) is 0 Å². The number of nitrogens with zero attached hydrogens (tertiary/aromatic N) is 4. The quantitative estimate of drug-likeness (QED) is 0.715. The third-order valence-corrected chi connectivity index (χ3v) is 7.08. The Hall–Kier alpha value is -2.94. The molecule has 1 aliphatic heterocycles. The van der Waals surface area contributed by atoms with Gasteiger partial charge in [-0.05, 0) is 56.7 Å². The molecule has 0 radical (unpaired) electrons. The molecule has 4 rings (SSSR count). The summed E-state index contributed by atoms with van der Waals surface area (Å²) in [5.74, 6) is 3.49. The predicted molar refractivity (Wildman–Crippen MR) is 124 cm³/mol. The highest BCUT2D eigenvalue weighted by atomic mass is 16.2. The van der Waals surface area contributed by atoms with Gasteiger partial charge in [0.05, 0.1) is 11.0 Å². The van der Waals surface area contributed by atoms with Crippen molar-refractivity contribution in [3.63, 3.8) is 0 Å². The Kier molecular flexibility index (Phi) is 5.95. The molecule has 1 saturated heterocycles. The number of imidazole rings is 1. The van der Waals surface area contributed by atoms with Crippen molar-refractivity contribution in [2.45, 2.75) is 39.2 Å². The number of aromatic nitrogens is 2. The molecule has 31 heavy (non-hydrogen) atoms. The van der Waals surface area contributed by atoms with E-state index >= 15 is 0 Å². The summed E-state index contributed by atoms with van der Waals surface area (Å²) in [7, 11) is 1.81. The Labute approximate surface area is 184 Å². The molecule has 0 bridgehead atoms. The van der Waals surface area contributed by atoms with Crippen LogP contribution in [0.2, 0.25) is 0 Å². The molecule has 1 saturated carbocycles. The van der Waals surface area contributed by atoms with Gasteiger partial charge in [-0.25, -0.2) is 4.79 Å². The second kappa shape index (κ2) is 8.66. The van der Waals surface area contributed by atoms with E-state index in [0.29, 0.717) is 18.4 Å². The number of fused-ring (bicyclic) bond motifs is 1. The van der Waals surface area contributed by atoms with Crippen molar-refractivity contribution in [3.05, 3.63) is 46.5 Å². The van der Waals surface area contributed by atoms with Crippen LogP contribution in [0.3, 0.4) is 0 Å². The van der Waals surface area contributed by atoms with Gasteiger partial charge >= 0.3 is 5.69 Å². The molecule has 2 aromatic rings. The normalized spacial score (nSPS) is 21.8. The lowest BCUT2D eigenvalue weighted by Crippen LogP contribution is -2.50. The van der Waals surface area contributed by atoms with Gasteiger partial charge in [-0.15, -0.1) is 6.42 Å². The Morgan fingerprint density at radius 1 is 1.10 bits per heavy atom. The van der Waals surface area contributed by atoms with Crippen LogP contribution in [0.4, 0.5) is 0 Å². The standard InChI is InChI=1S/C25H32N4O2/c1-5-19-8-11-22-23(16-19)29(25(31)26(22)4)17-20-6-9-21(10-7-20)24(30)28-14-12-27(13-15-28)18(2)3/h1,8,11,16,20-21H,2,6-7,9-10,12-15,17H2,3-4H3. The molecule has 1 amide bonds. The van der Waals surface area contributed by atoms with E-state index in [9.17, 15) is 9.59 Å². The van der Waals surface area contributed by atoms with E-state index in [1.807, 2.05) is 34.6 Å². The maximum absolute atomic E-state index is 13.0. The van der Waals surface area contributed by atoms with Gasteiger partial charge in [0.2, 0.25) is 5.91 Å². The van der Waals surface area contributed by atoms with E-state index < -0.39 is 0 Å². The Morgan fingerprint density at radius 2 is 1.74 bits per heavy atom. The number of hydrogen-bond acceptors (Lipinski definition) is 3. The number of aryl methyl sites for hydroxylation is 1. The summed E-state index contributed by atoms with van der Waals surface area (Å²) in [4.78, 5) is 30.1. The summed E-state index contributed by atoms with van der Waals surface area (Å²) in [5.41, 5.74) is 3.66. The molecule has 2 aliphatic rings. The summed E-state index contributed by atoms with van der Waals surface area (Å²) in [6.07, 6.45) is 9.31. The van der Waals surface area contributed by atoms with Crippen LogP contribution in [0, 0.1) is 24.2 Å². The number of allylic oxidation sites excluding steroid dienone is 1. The third kappa shape index (κ3) is 4.14. The first-order chi connectivity index (χ1) is 14.9. The largest absolute Gasteiger partial charge is 0.372 e. The van der Waals surface area contributed by atoms with E-state index in [1.54, 1.807) is 11.6 Å². The monoisotopic (exact) mass is 420 g/mol. The minimum Gasteiger partial charge on any atom is -0.372 e. The second-order valence-corrected chi connectivity index (χ2v) is 9.07. The minimum absolute atomic E-state index is 0.00208. The van der Waals surface area contributed by atoms with Crippen LogP contribution in [0.25, 0.3) is 11.0 Å². The van der Waals surface area contributed by atoms with Gasteiger partial charge in [-0.2, -0.15) is 0 Å². The Bertz CT molecular complexity index is 1090. The van der Waals surface area contributed by atoms with Gasteiger partial charge in [-0.3, -0.25) is 13.9 Å². The van der Waals surface area contributed by atoms with Crippen LogP contribution in [-0.2, 0) is 18.4 Å². The molecule has 1 aromatic carbocycles. The fourth-order valence-electron chi connectivity index (χ4n) is 5.09. The van der Waals surface area contributed by atoms with Crippen LogP contribution >= 0.6 is 0 Å². The first kappa shape index (κ1) is 21.3. The molecule has 0 unspecified atom stereocenters. The summed E-state index contributed by atoms with van der Waals surface area (Å²) in [6, 6.07) is 5.72. The lowest BCUT2D eigenvalue weighted by atomic mass is 9.81. The molecule has 0 N–H and O–H groups in total. The summed E-state index contributed by atoms with van der Waals surface area (Å²) >= 11 is 0. The fourth-order valence-corrected chi connectivity index (χ4v) is 5.09. The van der Waals surface area contributed by atoms with Gasteiger partial charge in [0.1, 0.15) is 0 Å². The molecule has 0 spiro atoms. The van der Waals surface area contributed by atoms with Crippen LogP contribution in [0.5, 0.6) is 0 Å². The lowest BCUT2D eigenvalue weighted by molar-refractivity contribution is -0.138. The zero-order chi connectivity index (χ0) is 22.1. The molecule has 1 aliphatic carbocycles. The zero-order valence-corrected chi connectivity index (χ0v) is 18.6. The maximum atomic E-state index is 13.0. The van der Waals surface area contributed by atoms with Crippen molar-refractivity contribution < 1.29 is 4.79 Å². The molecule has 2 heterocycles. The van der Waals surface area contributed by atoms with E-state index in [2.05, 4.69) is 17.4 Å². The summed E-state index contributed by atoms with van der Waals surface area (Å²) < 4.78 is 3.55. The Morgan fingerprint density at radius 3 is 2.35 bits per heavy atom. The summed E-state index contributed by atoms with van der Waals surface area (Å²) in [5, 5.41) is 0. The zero-order valence-electron chi connectivity index (χ0n) is 18.6. The van der Waals surface area contributed by atoms with Crippen molar-refractivity contribution in [2.24, 2.45) is 18.9 Å². The first-order valence-electron chi connectivity index (χ1n) is 11.2. The van der Waals surface area contributed by atoms with Crippen molar-refractivity contribution in [3.8, 4) is 12.3 Å². The summed E-state index contributed by atoms with van der Waals surface area (Å²) in [6.45, 7) is 10.0. The van der Waals surface area contributed by atoms with Gasteiger partial charge in [-0.1, -0.05) is 12.5 Å². The number of rotatable bonds is 4.